The third kappa shape index (κ3) is 2.35. The van der Waals surface area contributed by atoms with Gasteiger partial charge in [0.05, 0.1) is 23.6 Å². The number of nitrogens with zero attached hydrogens (tertiary/aromatic N) is 3. The van der Waals surface area contributed by atoms with E-state index in [1.807, 2.05) is 17.5 Å². The molecule has 0 bridgehead atoms. The fourth-order valence-electron chi connectivity index (χ4n) is 2.84. The Bertz CT molecular complexity index is 870. The number of hydrogen-bond donors (Lipinski definition) is 1. The molecule has 3 heterocycles. The van der Waals surface area contributed by atoms with Gasteiger partial charge >= 0.3 is 0 Å². The number of thiazole rings is 1. The van der Waals surface area contributed by atoms with Gasteiger partial charge in [0.15, 0.2) is 4.96 Å². The van der Waals surface area contributed by atoms with Crippen molar-refractivity contribution in [2.24, 2.45) is 0 Å². The highest BCUT2D eigenvalue weighted by molar-refractivity contribution is 7.15. The van der Waals surface area contributed by atoms with Crippen molar-refractivity contribution in [3.8, 4) is 0 Å². The molecule has 0 atom stereocenters. The van der Waals surface area contributed by atoms with Crippen molar-refractivity contribution in [2.45, 2.75) is 13.0 Å². The summed E-state index contributed by atoms with van der Waals surface area (Å²) in [5.41, 5.74) is 3.13. The van der Waals surface area contributed by atoms with E-state index in [2.05, 4.69) is 27.3 Å². The van der Waals surface area contributed by atoms with Crippen molar-refractivity contribution in [1.82, 2.24) is 9.38 Å². The summed E-state index contributed by atoms with van der Waals surface area (Å²) < 4.78 is 1.59. The molecule has 0 radical (unpaired) electrons. The van der Waals surface area contributed by atoms with E-state index in [1.54, 1.807) is 16.7 Å². The van der Waals surface area contributed by atoms with Gasteiger partial charge in [-0.15, -0.1) is 11.3 Å². The number of nitrogens with one attached hydrogen (secondary N) is 1. The van der Waals surface area contributed by atoms with Crippen molar-refractivity contribution in [3.05, 3.63) is 58.0 Å². The molecule has 1 aliphatic rings. The molecule has 6 heteroatoms. The van der Waals surface area contributed by atoms with Crippen LogP contribution < -0.4 is 15.8 Å². The molecule has 0 saturated carbocycles. The molecule has 1 N–H and O–H groups in total. The molecule has 1 aromatic carbocycles. The van der Waals surface area contributed by atoms with Crippen LogP contribution in [0.1, 0.15) is 12.1 Å². The van der Waals surface area contributed by atoms with Gasteiger partial charge in [0.2, 0.25) is 0 Å². The molecule has 0 saturated heterocycles. The normalized spacial score (nSPS) is 14.5. The predicted octanol–water partition coefficient (Wildman–Crippen LogP) is 2.58. The highest BCUT2D eigenvalue weighted by atomic mass is 32.1. The van der Waals surface area contributed by atoms with E-state index in [9.17, 15) is 4.79 Å². The van der Waals surface area contributed by atoms with Crippen LogP contribution >= 0.6 is 11.3 Å². The van der Waals surface area contributed by atoms with E-state index in [0.717, 1.165) is 35.9 Å². The Morgan fingerprint density at radius 2 is 2.23 bits per heavy atom. The second kappa shape index (κ2) is 5.46. The molecule has 3 aromatic rings. The minimum Gasteiger partial charge on any atom is -0.383 e. The number of fused-ring (bicyclic) bond motifs is 2. The first-order chi connectivity index (χ1) is 10.8. The van der Waals surface area contributed by atoms with Crippen molar-refractivity contribution >= 4 is 27.7 Å². The lowest BCUT2D eigenvalue weighted by atomic mass is 10.2. The largest absolute Gasteiger partial charge is 0.383 e. The average Bonchev–Trinajstić information content (AvgIpc) is 2.91. The van der Waals surface area contributed by atoms with Crippen LogP contribution in [-0.2, 0) is 6.54 Å². The maximum absolute atomic E-state index is 12.1. The van der Waals surface area contributed by atoms with Gasteiger partial charge in [0, 0.05) is 30.7 Å². The Kier molecular flexibility index (Phi) is 3.31. The number of aromatic nitrogens is 2. The minimum absolute atomic E-state index is 0.0116. The first-order valence-electron chi connectivity index (χ1n) is 7.35. The van der Waals surface area contributed by atoms with Crippen molar-refractivity contribution in [2.75, 3.05) is 23.3 Å². The zero-order chi connectivity index (χ0) is 14.9. The predicted molar refractivity (Wildman–Crippen MR) is 89.9 cm³/mol. The summed E-state index contributed by atoms with van der Waals surface area (Å²) in [6.45, 7) is 2.57. The number of para-hydroxylation sites is 2. The van der Waals surface area contributed by atoms with Gasteiger partial charge in [-0.25, -0.2) is 4.98 Å². The van der Waals surface area contributed by atoms with Gasteiger partial charge in [-0.3, -0.25) is 9.20 Å². The van der Waals surface area contributed by atoms with E-state index in [1.165, 1.54) is 17.0 Å². The van der Waals surface area contributed by atoms with Crippen LogP contribution in [0.5, 0.6) is 0 Å². The van der Waals surface area contributed by atoms with Crippen molar-refractivity contribution < 1.29 is 0 Å². The molecule has 22 heavy (non-hydrogen) atoms. The SMILES string of the molecule is O=c1cc(CN2CCCNc3ccccc32)nc2sccn12. The zero-order valence-corrected chi connectivity index (χ0v) is 12.8. The maximum Gasteiger partial charge on any atom is 0.258 e. The van der Waals surface area contributed by atoms with Crippen LogP contribution in [0, 0.1) is 0 Å². The highest BCUT2D eigenvalue weighted by Gasteiger charge is 2.16. The second-order valence-electron chi connectivity index (χ2n) is 5.36. The summed E-state index contributed by atoms with van der Waals surface area (Å²) in [4.78, 5) is 19.8. The Morgan fingerprint density at radius 3 is 3.18 bits per heavy atom. The molecule has 0 amide bonds. The van der Waals surface area contributed by atoms with E-state index < -0.39 is 0 Å². The Balaban J connectivity index is 1.71. The molecular weight excluding hydrogens is 296 g/mol. The molecule has 0 unspecified atom stereocenters. The molecule has 0 fully saturated rings. The van der Waals surface area contributed by atoms with E-state index in [0.29, 0.717) is 6.54 Å². The number of benzene rings is 1. The van der Waals surface area contributed by atoms with Gasteiger partial charge in [-0.05, 0) is 18.6 Å². The summed E-state index contributed by atoms with van der Waals surface area (Å²) in [6.07, 6.45) is 2.83. The second-order valence-corrected chi connectivity index (χ2v) is 6.23. The first kappa shape index (κ1) is 13.3. The van der Waals surface area contributed by atoms with E-state index in [4.69, 9.17) is 0 Å². The lowest BCUT2D eigenvalue weighted by Crippen LogP contribution is -2.25. The maximum atomic E-state index is 12.1. The Hall–Kier alpha value is -2.34. The van der Waals surface area contributed by atoms with Crippen LogP contribution in [0.25, 0.3) is 4.96 Å². The first-order valence-corrected chi connectivity index (χ1v) is 8.23. The smallest absolute Gasteiger partial charge is 0.258 e. The van der Waals surface area contributed by atoms with Gasteiger partial charge < -0.3 is 10.2 Å². The third-order valence-corrected chi connectivity index (χ3v) is 4.63. The van der Waals surface area contributed by atoms with Crippen LogP contribution in [0.2, 0.25) is 0 Å². The van der Waals surface area contributed by atoms with Gasteiger partial charge in [0.25, 0.3) is 5.56 Å². The standard InChI is InChI=1S/C16H16N4OS/c21-15-10-12(18-16-20(15)8-9-22-16)11-19-7-3-6-17-13-4-1-2-5-14(13)19/h1-2,4-5,8-10,17H,3,6-7,11H2. The highest BCUT2D eigenvalue weighted by Crippen LogP contribution is 2.28. The van der Waals surface area contributed by atoms with E-state index in [-0.39, 0.29) is 5.56 Å². The lowest BCUT2D eigenvalue weighted by molar-refractivity contribution is 0.750. The Morgan fingerprint density at radius 1 is 1.32 bits per heavy atom. The molecule has 1 aliphatic heterocycles. The molecule has 4 rings (SSSR count). The van der Waals surface area contributed by atoms with Crippen molar-refractivity contribution in [1.29, 1.82) is 0 Å². The summed E-state index contributed by atoms with van der Waals surface area (Å²) in [6, 6.07) is 9.94. The van der Waals surface area contributed by atoms with Crippen molar-refractivity contribution in [3.63, 3.8) is 0 Å². The summed E-state index contributed by atoms with van der Waals surface area (Å²) >= 11 is 1.49. The molecule has 5 nitrogen and oxygen atoms in total. The fourth-order valence-corrected chi connectivity index (χ4v) is 3.58. The quantitative estimate of drug-likeness (QED) is 0.790. The molecule has 2 aromatic heterocycles. The number of hydrogen-bond acceptors (Lipinski definition) is 5. The van der Waals surface area contributed by atoms with Crippen LogP contribution in [0.3, 0.4) is 0 Å². The Labute approximate surface area is 131 Å². The summed E-state index contributed by atoms with van der Waals surface area (Å²) in [7, 11) is 0. The van der Waals surface area contributed by atoms with Gasteiger partial charge in [-0.2, -0.15) is 0 Å². The lowest BCUT2D eigenvalue weighted by Gasteiger charge is -2.23. The van der Waals surface area contributed by atoms with Gasteiger partial charge in [0.1, 0.15) is 0 Å². The van der Waals surface area contributed by atoms with Gasteiger partial charge in [-0.1, -0.05) is 12.1 Å². The summed E-state index contributed by atoms with van der Waals surface area (Å²) in [5, 5.41) is 5.34. The van der Waals surface area contributed by atoms with E-state index >= 15 is 0 Å². The van der Waals surface area contributed by atoms with Crippen LogP contribution in [-0.4, -0.2) is 22.5 Å². The fraction of sp³-hybridized carbons (Fsp3) is 0.250. The third-order valence-electron chi connectivity index (χ3n) is 3.87. The summed E-state index contributed by atoms with van der Waals surface area (Å²) in [5.74, 6) is 0. The van der Waals surface area contributed by atoms with Crippen LogP contribution in [0.15, 0.2) is 46.7 Å². The molecule has 0 spiro atoms. The monoisotopic (exact) mass is 312 g/mol. The average molecular weight is 312 g/mol. The number of rotatable bonds is 2. The molecule has 0 aliphatic carbocycles. The number of anilines is 2. The van der Waals surface area contributed by atoms with Crippen LogP contribution in [0.4, 0.5) is 11.4 Å². The molecule has 112 valence electrons. The topological polar surface area (TPSA) is 49.6 Å². The zero-order valence-electron chi connectivity index (χ0n) is 12.0. The molecular formula is C16H16N4OS. The minimum atomic E-state index is -0.0116.